The van der Waals surface area contributed by atoms with Gasteiger partial charge in [0.15, 0.2) is 0 Å². The van der Waals surface area contributed by atoms with Crippen LogP contribution in [0.15, 0.2) is 12.3 Å². The molecule has 1 aliphatic rings. The lowest BCUT2D eigenvalue weighted by Gasteiger charge is -2.24. The van der Waals surface area contributed by atoms with Crippen LogP contribution in [-0.4, -0.2) is 49.7 Å². The molecule has 0 aromatic carbocycles. The molecule has 2 rings (SSSR count). The van der Waals surface area contributed by atoms with Gasteiger partial charge in [-0.1, -0.05) is 13.8 Å². The van der Waals surface area contributed by atoms with Crippen molar-refractivity contribution in [3.8, 4) is 0 Å². The van der Waals surface area contributed by atoms with E-state index in [1.807, 2.05) is 6.20 Å². The van der Waals surface area contributed by atoms with Crippen LogP contribution in [-0.2, 0) is 6.54 Å². The van der Waals surface area contributed by atoms with Crippen molar-refractivity contribution in [3.05, 3.63) is 23.5 Å². The topological polar surface area (TPSA) is 31.4 Å². The summed E-state index contributed by atoms with van der Waals surface area (Å²) >= 11 is 0. The molecular weight excluding hydrogens is 248 g/mol. The zero-order valence-corrected chi connectivity index (χ0v) is 13.5. The average Bonchev–Trinajstić information content (AvgIpc) is 2.79. The first-order valence-electron chi connectivity index (χ1n) is 7.60. The molecule has 1 aromatic heterocycles. The van der Waals surface area contributed by atoms with E-state index in [0.29, 0.717) is 12.0 Å². The van der Waals surface area contributed by atoms with Gasteiger partial charge in [-0.2, -0.15) is 0 Å². The summed E-state index contributed by atoms with van der Waals surface area (Å²) in [6.07, 6.45) is 2.03. The van der Waals surface area contributed by atoms with Gasteiger partial charge in [0.05, 0.1) is 0 Å². The van der Waals surface area contributed by atoms with E-state index in [1.165, 1.54) is 11.3 Å². The van der Waals surface area contributed by atoms with E-state index < -0.39 is 0 Å². The Labute approximate surface area is 123 Å². The predicted molar refractivity (Wildman–Crippen MR) is 85.2 cm³/mol. The molecule has 2 unspecified atom stereocenters. The van der Waals surface area contributed by atoms with Crippen molar-refractivity contribution in [1.29, 1.82) is 0 Å². The van der Waals surface area contributed by atoms with E-state index in [0.717, 1.165) is 31.9 Å². The molecule has 2 heterocycles. The van der Waals surface area contributed by atoms with E-state index >= 15 is 0 Å². The quantitative estimate of drug-likeness (QED) is 0.890. The number of aryl methyl sites for hydroxylation is 1. The van der Waals surface area contributed by atoms with Crippen LogP contribution in [0.2, 0.25) is 0 Å². The third-order valence-corrected chi connectivity index (χ3v) is 4.24. The van der Waals surface area contributed by atoms with Gasteiger partial charge < -0.3 is 15.1 Å². The molecule has 1 fully saturated rings. The van der Waals surface area contributed by atoms with Crippen LogP contribution in [0.1, 0.15) is 25.1 Å². The van der Waals surface area contributed by atoms with Gasteiger partial charge in [0, 0.05) is 48.8 Å². The largest absolute Gasteiger partial charge is 0.369 e. The predicted octanol–water partition coefficient (Wildman–Crippen LogP) is 1.89. The Hall–Kier alpha value is -1.13. The fourth-order valence-electron chi connectivity index (χ4n) is 3.08. The molecule has 0 bridgehead atoms. The molecule has 112 valence electrons. The zero-order chi connectivity index (χ0) is 14.7. The van der Waals surface area contributed by atoms with Crippen molar-refractivity contribution in [2.75, 3.05) is 38.6 Å². The number of anilines is 1. The van der Waals surface area contributed by atoms with E-state index in [1.54, 1.807) is 0 Å². The van der Waals surface area contributed by atoms with Crippen LogP contribution < -0.4 is 10.2 Å². The highest BCUT2D eigenvalue weighted by Gasteiger charge is 2.31. The Bertz CT molecular complexity index is 444. The van der Waals surface area contributed by atoms with E-state index in [-0.39, 0.29) is 0 Å². The summed E-state index contributed by atoms with van der Waals surface area (Å²) in [6.45, 7) is 10.7. The first kappa shape index (κ1) is 15.3. The molecule has 0 amide bonds. The molecule has 1 aromatic rings. The lowest BCUT2D eigenvalue weighted by Crippen LogP contribution is -2.34. The summed E-state index contributed by atoms with van der Waals surface area (Å²) in [5.74, 6) is 0.699. The van der Waals surface area contributed by atoms with Gasteiger partial charge in [-0.3, -0.25) is 4.98 Å². The summed E-state index contributed by atoms with van der Waals surface area (Å²) in [6, 6.07) is 2.87. The standard InChI is InChI=1S/C16H28N4/c1-6-17-8-14-9-18-13(3)7-15(14)20-10-12(2)16(11-20)19(4)5/h7,9,12,16-17H,6,8,10-11H2,1-5H3. The summed E-state index contributed by atoms with van der Waals surface area (Å²) in [5.41, 5.74) is 3.76. The molecule has 2 atom stereocenters. The summed E-state index contributed by atoms with van der Waals surface area (Å²) in [4.78, 5) is 9.33. The summed E-state index contributed by atoms with van der Waals surface area (Å²) < 4.78 is 0. The van der Waals surface area contributed by atoms with Gasteiger partial charge >= 0.3 is 0 Å². The number of hydrogen-bond donors (Lipinski definition) is 1. The Morgan fingerprint density at radius 1 is 1.40 bits per heavy atom. The maximum absolute atomic E-state index is 4.46. The number of pyridine rings is 1. The highest BCUT2D eigenvalue weighted by molar-refractivity contribution is 5.55. The lowest BCUT2D eigenvalue weighted by molar-refractivity contribution is 0.266. The second-order valence-electron chi connectivity index (χ2n) is 6.15. The zero-order valence-electron chi connectivity index (χ0n) is 13.5. The van der Waals surface area contributed by atoms with Crippen LogP contribution in [0.25, 0.3) is 0 Å². The molecule has 1 N–H and O–H groups in total. The van der Waals surface area contributed by atoms with Crippen LogP contribution >= 0.6 is 0 Å². The second-order valence-corrected chi connectivity index (χ2v) is 6.15. The van der Waals surface area contributed by atoms with Gasteiger partial charge in [-0.25, -0.2) is 0 Å². The first-order valence-corrected chi connectivity index (χ1v) is 7.60. The fraction of sp³-hybridized carbons (Fsp3) is 0.688. The summed E-state index contributed by atoms with van der Waals surface area (Å²) in [5, 5.41) is 3.42. The minimum Gasteiger partial charge on any atom is -0.369 e. The van der Waals surface area contributed by atoms with Crippen LogP contribution in [0.3, 0.4) is 0 Å². The highest BCUT2D eigenvalue weighted by atomic mass is 15.2. The Morgan fingerprint density at radius 2 is 2.15 bits per heavy atom. The third kappa shape index (κ3) is 3.30. The van der Waals surface area contributed by atoms with Gasteiger partial charge in [0.25, 0.3) is 0 Å². The summed E-state index contributed by atoms with van der Waals surface area (Å²) in [7, 11) is 4.37. The van der Waals surface area contributed by atoms with Crippen molar-refractivity contribution in [3.63, 3.8) is 0 Å². The number of aromatic nitrogens is 1. The van der Waals surface area contributed by atoms with E-state index in [2.05, 4.69) is 61.0 Å². The molecule has 0 saturated carbocycles. The molecule has 0 aliphatic carbocycles. The first-order chi connectivity index (χ1) is 9.52. The Kier molecular flexibility index (Phi) is 5.00. The fourth-order valence-corrected chi connectivity index (χ4v) is 3.08. The molecule has 1 saturated heterocycles. The number of hydrogen-bond acceptors (Lipinski definition) is 4. The van der Waals surface area contributed by atoms with E-state index in [4.69, 9.17) is 0 Å². The second kappa shape index (κ2) is 6.55. The molecule has 0 spiro atoms. The minimum absolute atomic E-state index is 0.635. The molecule has 4 nitrogen and oxygen atoms in total. The van der Waals surface area contributed by atoms with Gasteiger partial charge in [0.1, 0.15) is 0 Å². The molecule has 4 heteroatoms. The smallest absolute Gasteiger partial charge is 0.0446 e. The van der Waals surface area contributed by atoms with E-state index in [9.17, 15) is 0 Å². The monoisotopic (exact) mass is 276 g/mol. The number of nitrogens with zero attached hydrogens (tertiary/aromatic N) is 3. The van der Waals surface area contributed by atoms with Gasteiger partial charge in [0.2, 0.25) is 0 Å². The Balaban J connectivity index is 2.21. The molecule has 20 heavy (non-hydrogen) atoms. The molecule has 1 aliphatic heterocycles. The third-order valence-electron chi connectivity index (χ3n) is 4.24. The molecule has 0 radical (unpaired) electrons. The lowest BCUT2D eigenvalue weighted by atomic mass is 10.1. The number of nitrogens with one attached hydrogen (secondary N) is 1. The van der Waals surface area contributed by atoms with Crippen molar-refractivity contribution >= 4 is 5.69 Å². The maximum atomic E-state index is 4.46. The van der Waals surface area contributed by atoms with Crippen molar-refractivity contribution in [1.82, 2.24) is 15.2 Å². The van der Waals surface area contributed by atoms with Gasteiger partial charge in [-0.15, -0.1) is 0 Å². The van der Waals surface area contributed by atoms with Crippen LogP contribution in [0, 0.1) is 12.8 Å². The number of likely N-dealkylation sites (N-methyl/N-ethyl adjacent to an activating group) is 1. The van der Waals surface area contributed by atoms with Crippen molar-refractivity contribution in [2.45, 2.75) is 33.4 Å². The van der Waals surface area contributed by atoms with Crippen molar-refractivity contribution in [2.24, 2.45) is 5.92 Å². The number of rotatable bonds is 5. The maximum Gasteiger partial charge on any atom is 0.0446 e. The Morgan fingerprint density at radius 3 is 2.75 bits per heavy atom. The van der Waals surface area contributed by atoms with Gasteiger partial charge in [-0.05, 0) is 39.5 Å². The van der Waals surface area contributed by atoms with Crippen LogP contribution in [0.4, 0.5) is 5.69 Å². The molecular formula is C16H28N4. The SMILES string of the molecule is CCNCc1cnc(C)cc1N1CC(C)C(N(C)C)C1. The van der Waals surface area contributed by atoms with Crippen molar-refractivity contribution < 1.29 is 0 Å². The highest BCUT2D eigenvalue weighted by Crippen LogP contribution is 2.29. The minimum atomic E-state index is 0.635. The average molecular weight is 276 g/mol. The van der Waals surface area contributed by atoms with Crippen LogP contribution in [0.5, 0.6) is 0 Å². The normalized spacial score (nSPS) is 22.8.